The zero-order valence-electron chi connectivity index (χ0n) is 9.89. The first-order chi connectivity index (χ1) is 7.65. The molecule has 0 aliphatic heterocycles. The number of carbonyl (C=O) groups is 1. The van der Waals surface area contributed by atoms with Crippen molar-refractivity contribution >= 4 is 11.6 Å². The molecule has 0 aromatic carbocycles. The van der Waals surface area contributed by atoms with Gasteiger partial charge < -0.3 is 10.6 Å². The first kappa shape index (κ1) is 12.6. The molecule has 1 atom stereocenters. The van der Waals surface area contributed by atoms with Gasteiger partial charge in [0.1, 0.15) is 0 Å². The van der Waals surface area contributed by atoms with Gasteiger partial charge in [-0.1, -0.05) is 13.3 Å². The van der Waals surface area contributed by atoms with E-state index in [-0.39, 0.29) is 11.9 Å². The van der Waals surface area contributed by atoms with E-state index >= 15 is 0 Å². The summed E-state index contributed by atoms with van der Waals surface area (Å²) in [5, 5.41) is 0. The quantitative estimate of drug-likeness (QED) is 0.821. The fraction of sp³-hybridized carbons (Fsp3) is 0.500. The van der Waals surface area contributed by atoms with Gasteiger partial charge in [0.15, 0.2) is 0 Å². The molecule has 16 heavy (non-hydrogen) atoms. The first-order valence-corrected chi connectivity index (χ1v) is 5.57. The third-order valence-electron chi connectivity index (χ3n) is 2.50. The number of amides is 1. The van der Waals surface area contributed by atoms with Gasteiger partial charge in [-0.05, 0) is 18.6 Å². The second-order valence-corrected chi connectivity index (χ2v) is 3.92. The molecule has 1 rings (SSSR count). The molecule has 1 aromatic rings. The second-order valence-electron chi connectivity index (χ2n) is 3.92. The topological polar surface area (TPSA) is 59.2 Å². The molecule has 1 unspecified atom stereocenters. The summed E-state index contributed by atoms with van der Waals surface area (Å²) in [4.78, 5) is 17.4. The van der Waals surface area contributed by atoms with E-state index in [0.717, 1.165) is 18.5 Å². The minimum atomic E-state index is -0.0448. The lowest BCUT2D eigenvalue weighted by molar-refractivity contribution is -0.118. The van der Waals surface area contributed by atoms with Gasteiger partial charge in [-0.3, -0.25) is 9.78 Å². The predicted octanol–water partition coefficient (Wildman–Crippen LogP) is 1.56. The van der Waals surface area contributed by atoms with Crippen LogP contribution in [0.25, 0.3) is 0 Å². The van der Waals surface area contributed by atoms with E-state index < -0.39 is 0 Å². The van der Waals surface area contributed by atoms with E-state index in [4.69, 9.17) is 5.73 Å². The van der Waals surface area contributed by atoms with Crippen LogP contribution in [0.3, 0.4) is 0 Å². The van der Waals surface area contributed by atoms with Crippen molar-refractivity contribution in [3.05, 3.63) is 24.5 Å². The van der Waals surface area contributed by atoms with Crippen LogP contribution in [0.1, 0.15) is 26.2 Å². The molecule has 0 fully saturated rings. The number of aromatic nitrogens is 1. The van der Waals surface area contributed by atoms with Crippen LogP contribution in [0.5, 0.6) is 0 Å². The maximum atomic E-state index is 11.8. The number of anilines is 1. The largest absolute Gasteiger partial charge is 0.327 e. The Balaban J connectivity index is 2.55. The lowest BCUT2D eigenvalue weighted by atomic mass is 10.1. The summed E-state index contributed by atoms with van der Waals surface area (Å²) in [6.45, 7) is 2.06. The monoisotopic (exact) mass is 221 g/mol. The van der Waals surface area contributed by atoms with E-state index in [1.807, 2.05) is 12.1 Å². The van der Waals surface area contributed by atoms with E-state index in [1.54, 1.807) is 24.3 Å². The summed E-state index contributed by atoms with van der Waals surface area (Å²) in [7, 11) is 1.75. The van der Waals surface area contributed by atoms with Crippen LogP contribution < -0.4 is 10.6 Å². The predicted molar refractivity (Wildman–Crippen MR) is 65.1 cm³/mol. The number of carbonyl (C=O) groups excluding carboxylic acids is 1. The summed E-state index contributed by atoms with van der Waals surface area (Å²) >= 11 is 0. The second kappa shape index (κ2) is 6.23. The van der Waals surface area contributed by atoms with Crippen molar-refractivity contribution < 1.29 is 4.79 Å². The fourth-order valence-electron chi connectivity index (χ4n) is 1.53. The molecule has 1 heterocycles. The van der Waals surface area contributed by atoms with Gasteiger partial charge in [0, 0.05) is 25.7 Å². The van der Waals surface area contributed by atoms with Crippen LogP contribution in [-0.2, 0) is 4.79 Å². The van der Waals surface area contributed by atoms with Crippen molar-refractivity contribution in [3.8, 4) is 0 Å². The minimum absolute atomic E-state index is 0.0361. The smallest absolute Gasteiger partial charge is 0.228 e. The molecule has 4 heteroatoms. The zero-order chi connectivity index (χ0) is 12.0. The van der Waals surface area contributed by atoms with E-state index in [0.29, 0.717) is 6.42 Å². The Morgan fingerprint density at radius 2 is 2.38 bits per heavy atom. The fourth-order valence-corrected chi connectivity index (χ4v) is 1.53. The van der Waals surface area contributed by atoms with Crippen molar-refractivity contribution in [2.45, 2.75) is 32.2 Å². The molecular weight excluding hydrogens is 202 g/mol. The standard InChI is InChI=1S/C12H19N3O/c1-3-5-10(13)8-12(16)15(2)11-6-4-7-14-9-11/h4,6-7,9-10H,3,5,8,13H2,1-2H3. The molecule has 0 bridgehead atoms. The Kier molecular flexibility index (Phi) is 4.92. The van der Waals surface area contributed by atoms with Gasteiger partial charge in [0.05, 0.1) is 11.9 Å². The Morgan fingerprint density at radius 1 is 1.62 bits per heavy atom. The summed E-state index contributed by atoms with van der Waals surface area (Å²) in [6.07, 6.45) is 5.63. The molecule has 0 saturated carbocycles. The molecular formula is C12H19N3O. The highest BCUT2D eigenvalue weighted by atomic mass is 16.2. The van der Waals surface area contributed by atoms with Crippen LogP contribution in [-0.4, -0.2) is 24.0 Å². The highest BCUT2D eigenvalue weighted by Crippen LogP contribution is 2.11. The average Bonchev–Trinajstić information content (AvgIpc) is 2.29. The van der Waals surface area contributed by atoms with Gasteiger partial charge >= 0.3 is 0 Å². The molecule has 4 nitrogen and oxygen atoms in total. The molecule has 88 valence electrons. The molecule has 0 radical (unpaired) electrons. The lowest BCUT2D eigenvalue weighted by Gasteiger charge is -2.19. The summed E-state index contributed by atoms with van der Waals surface area (Å²) in [5.41, 5.74) is 6.64. The number of rotatable bonds is 5. The number of nitrogens with zero attached hydrogens (tertiary/aromatic N) is 2. The Morgan fingerprint density at radius 3 is 2.94 bits per heavy atom. The van der Waals surface area contributed by atoms with Crippen molar-refractivity contribution in [2.75, 3.05) is 11.9 Å². The van der Waals surface area contributed by atoms with Gasteiger partial charge in [-0.25, -0.2) is 0 Å². The average molecular weight is 221 g/mol. The van der Waals surface area contributed by atoms with E-state index in [9.17, 15) is 4.79 Å². The van der Waals surface area contributed by atoms with Crippen LogP contribution in [0.4, 0.5) is 5.69 Å². The van der Waals surface area contributed by atoms with Gasteiger partial charge in [-0.2, -0.15) is 0 Å². The highest BCUT2D eigenvalue weighted by molar-refractivity contribution is 5.92. The Labute approximate surface area is 96.5 Å². The number of hydrogen-bond acceptors (Lipinski definition) is 3. The maximum absolute atomic E-state index is 11.8. The molecule has 1 amide bonds. The Bertz CT molecular complexity index is 326. The SMILES string of the molecule is CCCC(N)CC(=O)N(C)c1cccnc1. The zero-order valence-corrected chi connectivity index (χ0v) is 9.89. The number of hydrogen-bond donors (Lipinski definition) is 1. The van der Waals surface area contributed by atoms with Crippen LogP contribution in [0.15, 0.2) is 24.5 Å². The minimum Gasteiger partial charge on any atom is -0.327 e. The summed E-state index contributed by atoms with van der Waals surface area (Å²) < 4.78 is 0. The number of pyridine rings is 1. The van der Waals surface area contributed by atoms with Crippen LogP contribution >= 0.6 is 0 Å². The van der Waals surface area contributed by atoms with E-state index in [2.05, 4.69) is 11.9 Å². The van der Waals surface area contributed by atoms with Gasteiger partial charge in [0.2, 0.25) is 5.91 Å². The number of nitrogens with two attached hydrogens (primary N) is 1. The third kappa shape index (κ3) is 3.62. The summed E-state index contributed by atoms with van der Waals surface area (Å²) in [6, 6.07) is 3.62. The lowest BCUT2D eigenvalue weighted by Crippen LogP contribution is -2.33. The van der Waals surface area contributed by atoms with Crippen molar-refractivity contribution in [2.24, 2.45) is 5.73 Å². The highest BCUT2D eigenvalue weighted by Gasteiger charge is 2.14. The van der Waals surface area contributed by atoms with Crippen LogP contribution in [0.2, 0.25) is 0 Å². The summed E-state index contributed by atoms with van der Waals surface area (Å²) in [5.74, 6) is 0.0361. The first-order valence-electron chi connectivity index (χ1n) is 5.57. The van der Waals surface area contributed by atoms with Crippen molar-refractivity contribution in [1.82, 2.24) is 4.98 Å². The molecule has 0 spiro atoms. The van der Waals surface area contributed by atoms with Crippen LogP contribution in [0, 0.1) is 0 Å². The van der Waals surface area contributed by atoms with Gasteiger partial charge in [0.25, 0.3) is 0 Å². The maximum Gasteiger partial charge on any atom is 0.228 e. The third-order valence-corrected chi connectivity index (χ3v) is 2.50. The van der Waals surface area contributed by atoms with Crippen molar-refractivity contribution in [1.29, 1.82) is 0 Å². The molecule has 0 aliphatic carbocycles. The molecule has 1 aromatic heterocycles. The molecule has 2 N–H and O–H groups in total. The van der Waals surface area contributed by atoms with Crippen molar-refractivity contribution in [3.63, 3.8) is 0 Å². The van der Waals surface area contributed by atoms with E-state index in [1.165, 1.54) is 0 Å². The van der Waals surface area contributed by atoms with Gasteiger partial charge in [-0.15, -0.1) is 0 Å². The molecule has 0 aliphatic rings. The normalized spacial score (nSPS) is 12.2. The Hall–Kier alpha value is -1.42. The molecule has 0 saturated heterocycles.